The van der Waals surface area contributed by atoms with Crippen LogP contribution in [0.1, 0.15) is 39.7 Å². The molecule has 0 aliphatic carbocycles. The number of halogens is 3. The zero-order valence-corrected chi connectivity index (χ0v) is 12.9. The quantitative estimate of drug-likeness (QED) is 0.769. The van der Waals surface area contributed by atoms with E-state index in [-0.39, 0.29) is 17.2 Å². The lowest BCUT2D eigenvalue weighted by atomic mass is 9.97. The number of benzene rings is 1. The average molecular weight is 305 g/mol. The Labute approximate surface area is 123 Å². The largest absolute Gasteiger partial charge is 0.481 e. The Hall–Kier alpha value is -0.870. The Morgan fingerprint density at radius 2 is 1.80 bits per heavy atom. The van der Waals surface area contributed by atoms with Gasteiger partial charge in [-0.25, -0.2) is 8.78 Å². The van der Waals surface area contributed by atoms with Crippen molar-refractivity contribution < 1.29 is 18.3 Å². The first-order valence-electron chi connectivity index (χ1n) is 6.55. The van der Waals surface area contributed by atoms with Gasteiger partial charge in [0.15, 0.2) is 17.4 Å². The lowest BCUT2D eigenvalue weighted by Crippen LogP contribution is -2.37. The summed E-state index contributed by atoms with van der Waals surface area (Å²) in [5.41, 5.74) is -0.596. The molecule has 1 aliphatic heterocycles. The maximum absolute atomic E-state index is 13.9. The van der Waals surface area contributed by atoms with Gasteiger partial charge < -0.3 is 9.47 Å². The molecule has 112 valence electrons. The van der Waals surface area contributed by atoms with Crippen LogP contribution in [0.15, 0.2) is 12.1 Å². The summed E-state index contributed by atoms with van der Waals surface area (Å²) in [4.78, 5) is 0. The molecule has 0 amide bonds. The summed E-state index contributed by atoms with van der Waals surface area (Å²) in [6.07, 6.45) is 0.152. The zero-order chi connectivity index (χ0) is 15.1. The van der Waals surface area contributed by atoms with E-state index in [4.69, 9.17) is 21.1 Å². The fourth-order valence-electron chi connectivity index (χ4n) is 2.64. The summed E-state index contributed by atoms with van der Waals surface area (Å²) < 4.78 is 39.3. The van der Waals surface area contributed by atoms with Crippen LogP contribution in [0.3, 0.4) is 0 Å². The van der Waals surface area contributed by atoms with Crippen LogP contribution in [-0.2, 0) is 10.6 Å². The van der Waals surface area contributed by atoms with Gasteiger partial charge in [-0.05, 0) is 45.4 Å². The van der Waals surface area contributed by atoms with E-state index in [2.05, 4.69) is 0 Å². The summed E-state index contributed by atoms with van der Waals surface area (Å²) in [5.74, 6) is -1.78. The SMILES string of the molecule is CC1(C)CC(Oc2c(F)cc(CCl)cc2F)C(C)(C)O1. The van der Waals surface area contributed by atoms with Crippen LogP contribution >= 0.6 is 11.6 Å². The molecule has 0 N–H and O–H groups in total. The summed E-state index contributed by atoms with van der Waals surface area (Å²) in [5, 5.41) is 0. The normalized spacial score (nSPS) is 23.9. The Morgan fingerprint density at radius 1 is 1.25 bits per heavy atom. The summed E-state index contributed by atoms with van der Waals surface area (Å²) in [6.45, 7) is 7.58. The molecule has 5 heteroatoms. The van der Waals surface area contributed by atoms with E-state index in [9.17, 15) is 8.78 Å². The van der Waals surface area contributed by atoms with Gasteiger partial charge in [-0.2, -0.15) is 0 Å². The standard InChI is InChI=1S/C15H19ClF2O2/c1-14(2)7-12(15(3,4)20-14)19-13-10(17)5-9(8-16)6-11(13)18/h5-6,12H,7-8H2,1-4H3. The Morgan fingerprint density at radius 3 is 2.20 bits per heavy atom. The average Bonchev–Trinajstić information content (AvgIpc) is 2.51. The van der Waals surface area contributed by atoms with E-state index in [1.165, 1.54) is 12.1 Å². The van der Waals surface area contributed by atoms with Gasteiger partial charge in [0.05, 0.1) is 5.60 Å². The minimum Gasteiger partial charge on any atom is -0.481 e. The van der Waals surface area contributed by atoms with Gasteiger partial charge >= 0.3 is 0 Å². The highest BCUT2D eigenvalue weighted by atomic mass is 35.5. The van der Waals surface area contributed by atoms with Crippen molar-refractivity contribution in [2.75, 3.05) is 0 Å². The van der Waals surface area contributed by atoms with Gasteiger partial charge in [-0.3, -0.25) is 0 Å². The molecule has 0 spiro atoms. The Balaban J connectivity index is 2.27. The first-order valence-corrected chi connectivity index (χ1v) is 7.09. The van der Waals surface area contributed by atoms with Crippen molar-refractivity contribution in [1.82, 2.24) is 0 Å². The van der Waals surface area contributed by atoms with E-state index < -0.39 is 23.3 Å². The van der Waals surface area contributed by atoms with Crippen molar-refractivity contribution in [3.05, 3.63) is 29.3 Å². The van der Waals surface area contributed by atoms with Crippen LogP contribution in [0, 0.1) is 11.6 Å². The second-order valence-electron chi connectivity index (χ2n) is 6.30. The number of alkyl halides is 1. The monoisotopic (exact) mass is 304 g/mol. The van der Waals surface area contributed by atoms with Crippen molar-refractivity contribution in [1.29, 1.82) is 0 Å². The number of hydrogen-bond donors (Lipinski definition) is 0. The van der Waals surface area contributed by atoms with Gasteiger partial charge in [-0.15, -0.1) is 11.6 Å². The van der Waals surface area contributed by atoms with E-state index in [1.54, 1.807) is 0 Å². The Kier molecular flexibility index (Phi) is 4.00. The molecule has 2 rings (SSSR count). The molecule has 0 radical (unpaired) electrons. The van der Waals surface area contributed by atoms with Crippen LogP contribution in [0.4, 0.5) is 8.78 Å². The molecule has 1 atom stereocenters. The van der Waals surface area contributed by atoms with Crippen molar-refractivity contribution in [2.24, 2.45) is 0 Å². The minimum absolute atomic E-state index is 0.0547. The summed E-state index contributed by atoms with van der Waals surface area (Å²) in [6, 6.07) is 2.39. The third-order valence-electron chi connectivity index (χ3n) is 3.46. The first-order chi connectivity index (χ1) is 9.14. The van der Waals surface area contributed by atoms with Crippen molar-refractivity contribution in [3.63, 3.8) is 0 Å². The minimum atomic E-state index is -0.735. The molecule has 1 saturated heterocycles. The molecule has 0 bridgehead atoms. The lowest BCUT2D eigenvalue weighted by Gasteiger charge is -2.27. The van der Waals surface area contributed by atoms with E-state index in [0.29, 0.717) is 12.0 Å². The molecule has 1 aromatic rings. The van der Waals surface area contributed by atoms with Gasteiger partial charge in [-0.1, -0.05) is 0 Å². The highest BCUT2D eigenvalue weighted by Gasteiger charge is 2.48. The maximum Gasteiger partial charge on any atom is 0.191 e. The molecule has 1 fully saturated rings. The van der Waals surface area contributed by atoms with Gasteiger partial charge in [0, 0.05) is 12.3 Å². The topological polar surface area (TPSA) is 18.5 Å². The predicted octanol–water partition coefficient (Wildman–Crippen LogP) is 4.43. The van der Waals surface area contributed by atoms with Crippen molar-refractivity contribution >= 4 is 11.6 Å². The number of hydrogen-bond acceptors (Lipinski definition) is 2. The maximum atomic E-state index is 13.9. The van der Waals surface area contributed by atoms with Crippen LogP contribution in [0.5, 0.6) is 5.75 Å². The van der Waals surface area contributed by atoms with E-state index >= 15 is 0 Å². The zero-order valence-electron chi connectivity index (χ0n) is 12.1. The molecular weight excluding hydrogens is 286 g/mol. The van der Waals surface area contributed by atoms with Crippen molar-refractivity contribution in [2.45, 2.75) is 57.3 Å². The van der Waals surface area contributed by atoms with E-state index in [1.807, 2.05) is 27.7 Å². The molecule has 0 aromatic heterocycles. The van der Waals surface area contributed by atoms with Crippen LogP contribution < -0.4 is 4.74 Å². The third kappa shape index (κ3) is 3.07. The molecule has 1 aliphatic rings. The third-order valence-corrected chi connectivity index (χ3v) is 3.77. The van der Waals surface area contributed by atoms with E-state index in [0.717, 1.165) is 0 Å². The molecular formula is C15H19ClF2O2. The highest BCUT2D eigenvalue weighted by molar-refractivity contribution is 6.17. The summed E-state index contributed by atoms with van der Waals surface area (Å²) >= 11 is 5.58. The molecule has 2 nitrogen and oxygen atoms in total. The van der Waals surface area contributed by atoms with Gasteiger partial charge in [0.1, 0.15) is 11.7 Å². The number of ether oxygens (including phenoxy) is 2. The fraction of sp³-hybridized carbons (Fsp3) is 0.600. The summed E-state index contributed by atoms with van der Waals surface area (Å²) in [7, 11) is 0. The Bertz CT molecular complexity index is 492. The molecule has 1 unspecified atom stereocenters. The fourth-order valence-corrected chi connectivity index (χ4v) is 2.79. The van der Waals surface area contributed by atoms with Gasteiger partial charge in [0.25, 0.3) is 0 Å². The molecule has 20 heavy (non-hydrogen) atoms. The van der Waals surface area contributed by atoms with Crippen LogP contribution in [-0.4, -0.2) is 17.3 Å². The van der Waals surface area contributed by atoms with Gasteiger partial charge in [0.2, 0.25) is 0 Å². The second-order valence-corrected chi connectivity index (χ2v) is 6.57. The molecule has 1 aromatic carbocycles. The van der Waals surface area contributed by atoms with Crippen LogP contribution in [0.2, 0.25) is 0 Å². The smallest absolute Gasteiger partial charge is 0.191 e. The van der Waals surface area contributed by atoms with Crippen molar-refractivity contribution in [3.8, 4) is 5.75 Å². The molecule has 0 saturated carbocycles. The second kappa shape index (κ2) is 5.15. The highest BCUT2D eigenvalue weighted by Crippen LogP contribution is 2.40. The predicted molar refractivity (Wildman–Crippen MR) is 74.2 cm³/mol. The number of rotatable bonds is 3. The lowest BCUT2D eigenvalue weighted by molar-refractivity contribution is -0.0852. The van der Waals surface area contributed by atoms with Crippen LogP contribution in [0.25, 0.3) is 0 Å². The molecule has 1 heterocycles. The first kappa shape index (κ1) is 15.5.